The number of rotatable bonds is 7. The summed E-state index contributed by atoms with van der Waals surface area (Å²) in [7, 11) is 0. The predicted octanol–water partition coefficient (Wildman–Crippen LogP) is 2.56. The summed E-state index contributed by atoms with van der Waals surface area (Å²) in [5.41, 5.74) is 3.92. The van der Waals surface area contributed by atoms with Crippen molar-refractivity contribution in [1.82, 2.24) is 19.9 Å². The molecule has 5 heteroatoms. The number of hydrogen-bond donors (Lipinski definition) is 1. The summed E-state index contributed by atoms with van der Waals surface area (Å²) in [6.07, 6.45) is 6.22. The van der Waals surface area contributed by atoms with E-state index in [0.717, 1.165) is 31.7 Å². The summed E-state index contributed by atoms with van der Waals surface area (Å²) in [6.45, 7) is 4.74. The number of hydrogen-bond acceptors (Lipinski definition) is 4. The van der Waals surface area contributed by atoms with E-state index in [1.807, 2.05) is 13.1 Å². The van der Waals surface area contributed by atoms with Crippen LogP contribution in [-0.2, 0) is 19.5 Å². The molecule has 0 spiro atoms. The third kappa shape index (κ3) is 3.79. The fourth-order valence-electron chi connectivity index (χ4n) is 3.49. The van der Waals surface area contributed by atoms with Gasteiger partial charge in [0.1, 0.15) is 0 Å². The number of benzene rings is 1. The van der Waals surface area contributed by atoms with E-state index in [0.29, 0.717) is 6.04 Å². The summed E-state index contributed by atoms with van der Waals surface area (Å²) in [5, 5.41) is 18.1. The van der Waals surface area contributed by atoms with Crippen LogP contribution in [0.4, 0.5) is 0 Å². The monoisotopic (exact) mass is 314 g/mol. The highest BCUT2D eigenvalue weighted by Gasteiger charge is 2.26. The lowest BCUT2D eigenvalue weighted by molar-refractivity contribution is 0.150. The molecule has 1 unspecified atom stereocenters. The molecule has 1 aliphatic rings. The fraction of sp³-hybridized carbons (Fsp3) is 0.556. The Labute approximate surface area is 137 Å². The lowest BCUT2D eigenvalue weighted by Crippen LogP contribution is -2.32. The largest absolute Gasteiger partial charge is 0.396 e. The molecule has 3 rings (SSSR count). The molecule has 124 valence electrons. The van der Waals surface area contributed by atoms with E-state index in [1.54, 1.807) is 4.80 Å². The quantitative estimate of drug-likeness (QED) is 0.853. The van der Waals surface area contributed by atoms with Gasteiger partial charge in [0.15, 0.2) is 0 Å². The van der Waals surface area contributed by atoms with Crippen molar-refractivity contribution >= 4 is 0 Å². The molecule has 1 N–H and O–H groups in total. The van der Waals surface area contributed by atoms with Crippen molar-refractivity contribution in [2.75, 3.05) is 13.2 Å². The second-order valence-electron chi connectivity index (χ2n) is 6.18. The number of aromatic nitrogens is 3. The minimum absolute atomic E-state index is 0.229. The summed E-state index contributed by atoms with van der Waals surface area (Å²) in [4.78, 5) is 4.19. The van der Waals surface area contributed by atoms with E-state index in [-0.39, 0.29) is 6.61 Å². The van der Waals surface area contributed by atoms with Crippen LogP contribution in [0.25, 0.3) is 0 Å². The molecule has 1 aromatic heterocycles. The Kier molecular flexibility index (Phi) is 5.41. The van der Waals surface area contributed by atoms with Crippen LogP contribution in [0, 0.1) is 0 Å². The van der Waals surface area contributed by atoms with E-state index < -0.39 is 0 Å². The first-order valence-electron chi connectivity index (χ1n) is 8.63. The predicted molar refractivity (Wildman–Crippen MR) is 89.9 cm³/mol. The van der Waals surface area contributed by atoms with Gasteiger partial charge in [-0.25, -0.2) is 0 Å². The maximum absolute atomic E-state index is 9.26. The molecule has 1 heterocycles. The van der Waals surface area contributed by atoms with Gasteiger partial charge in [-0.2, -0.15) is 15.0 Å². The molecular weight excluding hydrogens is 288 g/mol. The molecule has 0 amide bonds. The molecule has 23 heavy (non-hydrogen) atoms. The molecule has 0 bridgehead atoms. The molecule has 0 fully saturated rings. The normalized spacial score (nSPS) is 17.4. The Morgan fingerprint density at radius 3 is 3.00 bits per heavy atom. The Morgan fingerprint density at radius 1 is 1.35 bits per heavy atom. The fourth-order valence-corrected chi connectivity index (χ4v) is 3.49. The first-order valence-corrected chi connectivity index (χ1v) is 8.63. The van der Waals surface area contributed by atoms with Crippen LogP contribution >= 0.6 is 0 Å². The highest BCUT2D eigenvalue weighted by molar-refractivity contribution is 5.32. The Bertz CT molecular complexity index is 625. The first kappa shape index (κ1) is 16.1. The Balaban J connectivity index is 1.81. The highest BCUT2D eigenvalue weighted by Crippen LogP contribution is 2.34. The standard InChI is InChI=1S/C18H26N4O/c1-2-22-19-13-16(20-22)14-21(11-6-12-23)18-10-5-8-15-7-3-4-9-17(15)18/h3-4,7,9,13,18,23H,2,5-6,8,10-12,14H2,1H3. The van der Waals surface area contributed by atoms with Crippen LogP contribution in [0.1, 0.15) is 49.0 Å². The zero-order valence-electron chi connectivity index (χ0n) is 13.9. The second-order valence-corrected chi connectivity index (χ2v) is 6.18. The van der Waals surface area contributed by atoms with Gasteiger partial charge in [0.05, 0.1) is 18.4 Å². The lowest BCUT2D eigenvalue weighted by Gasteiger charge is -2.35. The van der Waals surface area contributed by atoms with Gasteiger partial charge in [-0.3, -0.25) is 4.90 Å². The molecule has 0 saturated heterocycles. The van der Waals surface area contributed by atoms with E-state index in [2.05, 4.69) is 39.4 Å². The summed E-state index contributed by atoms with van der Waals surface area (Å²) < 4.78 is 0. The van der Waals surface area contributed by atoms with Crippen molar-refractivity contribution in [1.29, 1.82) is 0 Å². The minimum atomic E-state index is 0.229. The van der Waals surface area contributed by atoms with Gasteiger partial charge >= 0.3 is 0 Å². The third-order valence-electron chi connectivity index (χ3n) is 4.61. The number of aliphatic hydroxyl groups is 1. The molecular formula is C18H26N4O. The number of nitrogens with zero attached hydrogens (tertiary/aromatic N) is 4. The zero-order valence-corrected chi connectivity index (χ0v) is 13.9. The van der Waals surface area contributed by atoms with Crippen molar-refractivity contribution in [2.24, 2.45) is 0 Å². The van der Waals surface area contributed by atoms with Crippen molar-refractivity contribution in [3.63, 3.8) is 0 Å². The summed E-state index contributed by atoms with van der Waals surface area (Å²) in [6, 6.07) is 9.19. The lowest BCUT2D eigenvalue weighted by atomic mass is 9.86. The van der Waals surface area contributed by atoms with Gasteiger partial charge in [0.2, 0.25) is 0 Å². The van der Waals surface area contributed by atoms with E-state index in [4.69, 9.17) is 0 Å². The summed E-state index contributed by atoms with van der Waals surface area (Å²) >= 11 is 0. The number of fused-ring (bicyclic) bond motifs is 1. The van der Waals surface area contributed by atoms with Gasteiger partial charge in [-0.1, -0.05) is 24.3 Å². The average molecular weight is 314 g/mol. The van der Waals surface area contributed by atoms with Crippen LogP contribution in [-0.4, -0.2) is 38.2 Å². The molecule has 1 atom stereocenters. The second kappa shape index (κ2) is 7.70. The Hall–Kier alpha value is -1.72. The van der Waals surface area contributed by atoms with E-state index >= 15 is 0 Å². The molecule has 1 aliphatic carbocycles. The van der Waals surface area contributed by atoms with Crippen LogP contribution < -0.4 is 0 Å². The van der Waals surface area contributed by atoms with Crippen molar-refractivity contribution < 1.29 is 5.11 Å². The van der Waals surface area contributed by atoms with Gasteiger partial charge < -0.3 is 5.11 Å². The van der Waals surface area contributed by atoms with Gasteiger partial charge in [-0.05, 0) is 43.7 Å². The van der Waals surface area contributed by atoms with Crippen molar-refractivity contribution in [2.45, 2.75) is 51.7 Å². The minimum Gasteiger partial charge on any atom is -0.396 e. The van der Waals surface area contributed by atoms with E-state index in [1.165, 1.54) is 30.4 Å². The Morgan fingerprint density at radius 2 is 2.22 bits per heavy atom. The van der Waals surface area contributed by atoms with Crippen molar-refractivity contribution in [3.05, 3.63) is 47.3 Å². The molecule has 0 saturated carbocycles. The SMILES string of the molecule is CCn1ncc(CN(CCCO)C2CCCc3ccccc32)n1. The smallest absolute Gasteiger partial charge is 0.0967 e. The number of aryl methyl sites for hydroxylation is 2. The van der Waals surface area contributed by atoms with E-state index in [9.17, 15) is 5.11 Å². The third-order valence-corrected chi connectivity index (χ3v) is 4.61. The molecule has 5 nitrogen and oxygen atoms in total. The molecule has 0 radical (unpaired) electrons. The van der Waals surface area contributed by atoms with Gasteiger partial charge in [0, 0.05) is 25.7 Å². The number of aliphatic hydroxyl groups excluding tert-OH is 1. The summed E-state index contributed by atoms with van der Waals surface area (Å²) in [5.74, 6) is 0. The first-order chi connectivity index (χ1) is 11.3. The maximum Gasteiger partial charge on any atom is 0.0967 e. The zero-order chi connectivity index (χ0) is 16.1. The molecule has 0 aliphatic heterocycles. The van der Waals surface area contributed by atoms with Crippen LogP contribution in [0.2, 0.25) is 0 Å². The van der Waals surface area contributed by atoms with Crippen LogP contribution in [0.3, 0.4) is 0 Å². The topological polar surface area (TPSA) is 54.2 Å². The van der Waals surface area contributed by atoms with Gasteiger partial charge in [0.25, 0.3) is 0 Å². The average Bonchev–Trinajstić information content (AvgIpc) is 3.06. The van der Waals surface area contributed by atoms with Gasteiger partial charge in [-0.15, -0.1) is 0 Å². The molecule has 2 aromatic rings. The van der Waals surface area contributed by atoms with Crippen LogP contribution in [0.15, 0.2) is 30.5 Å². The van der Waals surface area contributed by atoms with Crippen molar-refractivity contribution in [3.8, 4) is 0 Å². The molecule has 1 aromatic carbocycles. The highest BCUT2D eigenvalue weighted by atomic mass is 16.3. The van der Waals surface area contributed by atoms with Crippen LogP contribution in [0.5, 0.6) is 0 Å². The maximum atomic E-state index is 9.26.